The number of hydrogen-bond acceptors (Lipinski definition) is 6. The van der Waals surface area contributed by atoms with Gasteiger partial charge in [-0.1, -0.05) is 39.0 Å². The number of unbranched alkanes of at least 4 members (excludes halogenated alkanes) is 5. The van der Waals surface area contributed by atoms with Crippen LogP contribution in [0.2, 0.25) is 0 Å². The van der Waals surface area contributed by atoms with Gasteiger partial charge in [0.05, 0.1) is 11.7 Å². The topological polar surface area (TPSA) is 127 Å². The van der Waals surface area contributed by atoms with Crippen LogP contribution >= 0.6 is 0 Å². The molecule has 11 heteroatoms. The third-order valence-electron chi connectivity index (χ3n) is 6.25. The van der Waals surface area contributed by atoms with E-state index >= 15 is 0 Å². The number of sulfonamides is 1. The minimum absolute atomic E-state index is 0.0777. The number of carbonyl (C=O) groups is 3. The van der Waals surface area contributed by atoms with Crippen LogP contribution in [-0.2, 0) is 19.6 Å². The fourth-order valence-electron chi connectivity index (χ4n) is 3.69. The van der Waals surface area contributed by atoms with Crippen LogP contribution < -0.4 is 5.48 Å². The highest BCUT2D eigenvalue weighted by Crippen LogP contribution is 2.26. The van der Waals surface area contributed by atoms with E-state index < -0.39 is 39.2 Å². The molecule has 0 aromatic carbocycles. The van der Waals surface area contributed by atoms with E-state index in [0.29, 0.717) is 6.54 Å². The van der Waals surface area contributed by atoms with Gasteiger partial charge < -0.3 is 4.90 Å². The third kappa shape index (κ3) is 7.41. The second-order valence-electron chi connectivity index (χ2n) is 9.04. The van der Waals surface area contributed by atoms with E-state index in [-0.39, 0.29) is 25.3 Å². The van der Waals surface area contributed by atoms with E-state index in [0.717, 1.165) is 37.0 Å². The fraction of sp³-hybridized carbons (Fsp3) is 0.857. The quantitative estimate of drug-likeness (QED) is 0.161. The molecule has 2 N–H and O–H groups in total. The first-order valence-corrected chi connectivity index (χ1v) is 13.0. The maximum atomic E-state index is 12.7. The van der Waals surface area contributed by atoms with Crippen molar-refractivity contribution in [1.29, 1.82) is 0 Å². The molecule has 0 spiro atoms. The van der Waals surface area contributed by atoms with Crippen molar-refractivity contribution < 1.29 is 28.0 Å². The second kappa shape index (κ2) is 12.5. The van der Waals surface area contributed by atoms with Crippen molar-refractivity contribution in [2.24, 2.45) is 5.92 Å². The summed E-state index contributed by atoms with van der Waals surface area (Å²) in [5.74, 6) is -2.56. The van der Waals surface area contributed by atoms with Gasteiger partial charge in [0.25, 0.3) is 5.91 Å². The van der Waals surface area contributed by atoms with Gasteiger partial charge in [0, 0.05) is 27.2 Å². The number of carbonyl (C=O) groups excluding carboxylic acids is 3. The second-order valence-corrected chi connectivity index (χ2v) is 11.2. The van der Waals surface area contributed by atoms with Crippen molar-refractivity contribution >= 4 is 27.9 Å². The van der Waals surface area contributed by atoms with E-state index in [1.807, 2.05) is 0 Å². The zero-order valence-corrected chi connectivity index (χ0v) is 20.9. The molecule has 1 saturated heterocycles. The normalized spacial score (nSPS) is 17.3. The van der Waals surface area contributed by atoms with Crippen LogP contribution in [-0.4, -0.2) is 84.1 Å². The number of hydroxylamine groups is 1. The first-order chi connectivity index (χ1) is 14.9. The van der Waals surface area contributed by atoms with E-state index in [2.05, 4.69) is 6.92 Å². The van der Waals surface area contributed by atoms with Crippen molar-refractivity contribution in [3.05, 3.63) is 0 Å². The number of urea groups is 1. The van der Waals surface area contributed by atoms with Crippen molar-refractivity contribution in [2.45, 2.75) is 77.7 Å². The van der Waals surface area contributed by atoms with Crippen LogP contribution in [0.5, 0.6) is 0 Å². The number of rotatable bonds is 15. The van der Waals surface area contributed by atoms with Gasteiger partial charge in [-0.15, -0.1) is 0 Å². The molecule has 0 saturated carbocycles. The molecule has 0 bridgehead atoms. The first kappa shape index (κ1) is 28.3. The summed E-state index contributed by atoms with van der Waals surface area (Å²) in [6.45, 7) is 5.90. The predicted molar refractivity (Wildman–Crippen MR) is 121 cm³/mol. The molecule has 4 amide bonds. The smallest absolute Gasteiger partial charge is 0.313 e. The molecule has 32 heavy (non-hydrogen) atoms. The Balaban J connectivity index is 2.62. The van der Waals surface area contributed by atoms with Crippen LogP contribution in [0.3, 0.4) is 0 Å². The van der Waals surface area contributed by atoms with Gasteiger partial charge in [-0.05, 0) is 33.1 Å². The predicted octanol–water partition coefficient (Wildman–Crippen LogP) is 2.18. The highest BCUT2D eigenvalue weighted by Gasteiger charge is 2.48. The standard InChI is InChI=1S/C21H40N4O6S/c1-6-7-8-9-10-11-14-23(4)32(30,31)16-17(18(26)22-29)13-12-15-25-19(27)21(2,3)24(5)20(25)28/h17,29H,6-16H2,1-5H3,(H,22,26). The number of nitrogens with one attached hydrogen (secondary N) is 1. The molecular weight excluding hydrogens is 436 g/mol. The Morgan fingerprint density at radius 1 is 1.12 bits per heavy atom. The van der Waals surface area contributed by atoms with Gasteiger partial charge in [-0.25, -0.2) is 23.0 Å². The van der Waals surface area contributed by atoms with Crippen molar-refractivity contribution in [1.82, 2.24) is 19.6 Å². The highest BCUT2D eigenvalue weighted by atomic mass is 32.2. The number of hydrogen-bond donors (Lipinski definition) is 2. The first-order valence-electron chi connectivity index (χ1n) is 11.4. The summed E-state index contributed by atoms with van der Waals surface area (Å²) in [4.78, 5) is 39.3. The molecule has 1 unspecified atom stereocenters. The average molecular weight is 477 g/mol. The molecule has 1 aliphatic heterocycles. The van der Waals surface area contributed by atoms with E-state index in [1.165, 1.54) is 28.2 Å². The lowest BCUT2D eigenvalue weighted by Gasteiger charge is -2.22. The molecule has 1 fully saturated rings. The van der Waals surface area contributed by atoms with Crippen LogP contribution in [0.1, 0.15) is 72.1 Å². The largest absolute Gasteiger partial charge is 0.327 e. The van der Waals surface area contributed by atoms with Crippen LogP contribution in [0.15, 0.2) is 0 Å². The fourth-order valence-corrected chi connectivity index (χ4v) is 5.18. The van der Waals surface area contributed by atoms with E-state index in [9.17, 15) is 22.8 Å². The van der Waals surface area contributed by atoms with Gasteiger partial charge >= 0.3 is 6.03 Å². The van der Waals surface area contributed by atoms with Crippen LogP contribution in [0.25, 0.3) is 0 Å². The Hall–Kier alpha value is -1.72. The van der Waals surface area contributed by atoms with E-state index in [4.69, 9.17) is 5.21 Å². The lowest BCUT2D eigenvalue weighted by Crippen LogP contribution is -2.41. The third-order valence-corrected chi connectivity index (χ3v) is 8.21. The van der Waals surface area contributed by atoms with Gasteiger partial charge in [0.15, 0.2) is 0 Å². The summed E-state index contributed by atoms with van der Waals surface area (Å²) in [5, 5.41) is 9.05. The molecule has 0 radical (unpaired) electrons. The Labute approximate surface area is 192 Å². The Morgan fingerprint density at radius 2 is 1.72 bits per heavy atom. The van der Waals surface area contributed by atoms with Gasteiger partial charge in [0.1, 0.15) is 5.54 Å². The summed E-state index contributed by atoms with van der Waals surface area (Å²) >= 11 is 0. The Kier molecular flexibility index (Phi) is 11.1. The SMILES string of the molecule is CCCCCCCCN(C)S(=O)(=O)CC(CCCN1C(=O)N(C)C(C)(C)C1=O)C(=O)NO. The van der Waals surface area contributed by atoms with Gasteiger partial charge in [-0.2, -0.15) is 0 Å². The lowest BCUT2D eigenvalue weighted by molar-refractivity contribution is -0.133. The molecule has 1 heterocycles. The summed E-state index contributed by atoms with van der Waals surface area (Å²) in [5.41, 5.74) is 0.594. The molecule has 0 aliphatic carbocycles. The van der Waals surface area contributed by atoms with Crippen molar-refractivity contribution in [2.75, 3.05) is 32.9 Å². The Morgan fingerprint density at radius 3 is 2.25 bits per heavy atom. The summed E-state index contributed by atoms with van der Waals surface area (Å²) < 4.78 is 26.7. The van der Waals surface area contributed by atoms with Crippen molar-refractivity contribution in [3.8, 4) is 0 Å². The molecule has 186 valence electrons. The van der Waals surface area contributed by atoms with E-state index in [1.54, 1.807) is 20.9 Å². The highest BCUT2D eigenvalue weighted by molar-refractivity contribution is 7.89. The number of likely N-dealkylation sites (N-methyl/N-ethyl adjacent to an activating group) is 1. The number of amides is 4. The molecular formula is C21H40N4O6S. The number of imide groups is 1. The molecule has 0 aromatic heterocycles. The lowest BCUT2D eigenvalue weighted by atomic mass is 10.0. The molecule has 1 rings (SSSR count). The maximum Gasteiger partial charge on any atom is 0.327 e. The zero-order valence-electron chi connectivity index (χ0n) is 20.1. The van der Waals surface area contributed by atoms with Crippen LogP contribution in [0, 0.1) is 5.92 Å². The van der Waals surface area contributed by atoms with Gasteiger partial charge in [0.2, 0.25) is 15.9 Å². The zero-order chi connectivity index (χ0) is 24.5. The van der Waals surface area contributed by atoms with Gasteiger partial charge in [-0.3, -0.25) is 19.7 Å². The Bertz CT molecular complexity index is 755. The summed E-state index contributed by atoms with van der Waals surface area (Å²) in [6, 6.07) is -0.422. The summed E-state index contributed by atoms with van der Waals surface area (Å²) in [6.07, 6.45) is 6.58. The molecule has 10 nitrogen and oxygen atoms in total. The number of nitrogens with zero attached hydrogens (tertiary/aromatic N) is 3. The van der Waals surface area contributed by atoms with Crippen molar-refractivity contribution in [3.63, 3.8) is 0 Å². The molecule has 0 aromatic rings. The summed E-state index contributed by atoms with van der Waals surface area (Å²) in [7, 11) is -0.660. The maximum absolute atomic E-state index is 12.7. The minimum atomic E-state index is -3.70. The average Bonchev–Trinajstić information content (AvgIpc) is 2.89. The molecule has 1 atom stereocenters. The minimum Gasteiger partial charge on any atom is -0.313 e. The molecule has 1 aliphatic rings. The van der Waals surface area contributed by atoms with Crippen LogP contribution in [0.4, 0.5) is 4.79 Å². The monoisotopic (exact) mass is 476 g/mol.